The highest BCUT2D eigenvalue weighted by atomic mass is 16.6. The molecule has 2 rings (SSSR count). The second kappa shape index (κ2) is 7.57. The molecule has 0 heterocycles. The number of rotatable bonds is 5. The summed E-state index contributed by atoms with van der Waals surface area (Å²) in [6, 6.07) is 9.28. The number of anilines is 1. The summed E-state index contributed by atoms with van der Waals surface area (Å²) in [4.78, 5) is 34.2. The van der Waals surface area contributed by atoms with E-state index in [9.17, 15) is 19.7 Å². The molecule has 0 saturated heterocycles. The summed E-state index contributed by atoms with van der Waals surface area (Å²) in [6.07, 6.45) is 0. The molecule has 130 valence electrons. The summed E-state index contributed by atoms with van der Waals surface area (Å²) in [5.41, 5.74) is 3.21. The van der Waals surface area contributed by atoms with Crippen LogP contribution in [0.3, 0.4) is 0 Å². The van der Waals surface area contributed by atoms with E-state index in [2.05, 4.69) is 5.32 Å². The van der Waals surface area contributed by atoms with E-state index in [1.54, 1.807) is 25.1 Å². The lowest BCUT2D eigenvalue weighted by atomic mass is 10.1. The molecular weight excluding hydrogens is 324 g/mol. The highest BCUT2D eigenvalue weighted by molar-refractivity contribution is 5.96. The van der Waals surface area contributed by atoms with Gasteiger partial charge in [-0.2, -0.15) is 0 Å². The fraction of sp³-hybridized carbons (Fsp3) is 0.222. The van der Waals surface area contributed by atoms with Crippen LogP contribution in [-0.2, 0) is 9.53 Å². The minimum atomic E-state index is -0.603. The molecule has 0 aliphatic carbocycles. The topological polar surface area (TPSA) is 98.5 Å². The lowest BCUT2D eigenvalue weighted by molar-refractivity contribution is -0.384. The Hall–Kier alpha value is -3.22. The second-order valence-electron chi connectivity index (χ2n) is 5.68. The third-order valence-electron chi connectivity index (χ3n) is 3.78. The fourth-order valence-electron chi connectivity index (χ4n) is 2.13. The van der Waals surface area contributed by atoms with Gasteiger partial charge in [0.1, 0.15) is 0 Å². The first kappa shape index (κ1) is 18.1. The number of nitro benzene ring substituents is 1. The third kappa shape index (κ3) is 4.63. The normalized spacial score (nSPS) is 10.2. The number of carbonyl (C=O) groups is 2. The average Bonchev–Trinajstić information content (AvgIpc) is 2.57. The van der Waals surface area contributed by atoms with Gasteiger partial charge in [-0.15, -0.1) is 0 Å². The van der Waals surface area contributed by atoms with Gasteiger partial charge >= 0.3 is 5.97 Å². The number of benzene rings is 2. The molecule has 0 bridgehead atoms. The van der Waals surface area contributed by atoms with E-state index in [4.69, 9.17) is 4.74 Å². The Labute approximate surface area is 144 Å². The molecule has 0 aliphatic heterocycles. The molecule has 0 saturated carbocycles. The molecule has 0 aromatic heterocycles. The SMILES string of the molecule is Cc1ccc(C(=O)OCC(=O)Nc2cc([N+](=O)[O-])ccc2C)cc1C. The molecule has 0 spiro atoms. The Bertz CT molecular complexity index is 845. The molecule has 25 heavy (non-hydrogen) atoms. The van der Waals surface area contributed by atoms with Gasteiger partial charge in [-0.25, -0.2) is 4.79 Å². The molecule has 7 nitrogen and oxygen atoms in total. The number of nitrogens with one attached hydrogen (secondary N) is 1. The van der Waals surface area contributed by atoms with Crippen LogP contribution < -0.4 is 5.32 Å². The zero-order chi connectivity index (χ0) is 18.6. The minimum Gasteiger partial charge on any atom is -0.452 e. The summed E-state index contributed by atoms with van der Waals surface area (Å²) < 4.78 is 4.99. The van der Waals surface area contributed by atoms with Crippen LogP contribution in [-0.4, -0.2) is 23.4 Å². The maximum absolute atomic E-state index is 12.0. The number of ether oxygens (including phenoxy) is 1. The maximum Gasteiger partial charge on any atom is 0.338 e. The van der Waals surface area contributed by atoms with Crippen LogP contribution in [0.15, 0.2) is 36.4 Å². The summed E-state index contributed by atoms with van der Waals surface area (Å²) in [6.45, 7) is 5.04. The number of carbonyl (C=O) groups excluding carboxylic acids is 2. The quantitative estimate of drug-likeness (QED) is 0.510. The predicted molar refractivity (Wildman–Crippen MR) is 92.7 cm³/mol. The summed E-state index contributed by atoms with van der Waals surface area (Å²) in [5, 5.41) is 13.3. The van der Waals surface area contributed by atoms with Crippen LogP contribution in [0, 0.1) is 30.9 Å². The van der Waals surface area contributed by atoms with Gasteiger partial charge in [0.15, 0.2) is 6.61 Å². The number of amides is 1. The van der Waals surface area contributed by atoms with Gasteiger partial charge in [0.2, 0.25) is 0 Å². The van der Waals surface area contributed by atoms with Crippen LogP contribution >= 0.6 is 0 Å². The molecule has 0 unspecified atom stereocenters. The first-order valence-electron chi connectivity index (χ1n) is 7.57. The number of aryl methyl sites for hydroxylation is 3. The lowest BCUT2D eigenvalue weighted by Gasteiger charge is -2.09. The maximum atomic E-state index is 12.0. The summed E-state index contributed by atoms with van der Waals surface area (Å²) in [5.74, 6) is -1.17. The molecular formula is C18H18N2O5. The van der Waals surface area contributed by atoms with E-state index in [1.807, 2.05) is 13.8 Å². The van der Waals surface area contributed by atoms with Crippen molar-refractivity contribution in [3.8, 4) is 0 Å². The van der Waals surface area contributed by atoms with Gasteiger partial charge < -0.3 is 10.1 Å². The molecule has 2 aromatic rings. The van der Waals surface area contributed by atoms with Crippen LogP contribution in [0.4, 0.5) is 11.4 Å². The zero-order valence-electron chi connectivity index (χ0n) is 14.2. The molecule has 0 fully saturated rings. The summed E-state index contributed by atoms with van der Waals surface area (Å²) >= 11 is 0. The van der Waals surface area contributed by atoms with Gasteiger partial charge in [-0.05, 0) is 49.6 Å². The van der Waals surface area contributed by atoms with Crippen molar-refractivity contribution in [3.05, 3.63) is 68.8 Å². The number of hydrogen-bond donors (Lipinski definition) is 1. The molecule has 0 radical (unpaired) electrons. The van der Waals surface area contributed by atoms with Crippen molar-refractivity contribution in [1.29, 1.82) is 0 Å². The Balaban J connectivity index is 1.98. The summed E-state index contributed by atoms with van der Waals surface area (Å²) in [7, 11) is 0. The number of non-ortho nitro benzene ring substituents is 1. The third-order valence-corrected chi connectivity index (χ3v) is 3.78. The van der Waals surface area contributed by atoms with E-state index in [0.717, 1.165) is 11.1 Å². The molecule has 2 aromatic carbocycles. The second-order valence-corrected chi connectivity index (χ2v) is 5.68. The molecule has 7 heteroatoms. The largest absolute Gasteiger partial charge is 0.452 e. The molecule has 0 aliphatic rings. The highest BCUT2D eigenvalue weighted by Crippen LogP contribution is 2.21. The Morgan fingerprint density at radius 1 is 1.04 bits per heavy atom. The van der Waals surface area contributed by atoms with E-state index < -0.39 is 23.4 Å². The van der Waals surface area contributed by atoms with Crippen LogP contribution in [0.1, 0.15) is 27.0 Å². The van der Waals surface area contributed by atoms with Crippen molar-refractivity contribution in [1.82, 2.24) is 0 Å². The highest BCUT2D eigenvalue weighted by Gasteiger charge is 2.14. The zero-order valence-corrected chi connectivity index (χ0v) is 14.2. The van der Waals surface area contributed by atoms with Gasteiger partial charge in [0, 0.05) is 12.1 Å². The van der Waals surface area contributed by atoms with Crippen molar-refractivity contribution < 1.29 is 19.2 Å². The van der Waals surface area contributed by atoms with Crippen molar-refractivity contribution >= 4 is 23.3 Å². The average molecular weight is 342 g/mol. The molecule has 1 amide bonds. The number of hydrogen-bond acceptors (Lipinski definition) is 5. The standard InChI is InChI=1S/C18H18N2O5/c1-11-4-6-14(8-13(11)3)18(22)25-10-17(21)19-16-9-15(20(23)24)7-5-12(16)2/h4-9H,10H2,1-3H3,(H,19,21). The van der Waals surface area contributed by atoms with Crippen LogP contribution in [0.25, 0.3) is 0 Å². The fourth-order valence-corrected chi connectivity index (χ4v) is 2.13. The first-order valence-corrected chi connectivity index (χ1v) is 7.57. The number of nitro groups is 1. The predicted octanol–water partition coefficient (Wildman–Crippen LogP) is 3.32. The Morgan fingerprint density at radius 2 is 1.72 bits per heavy atom. The monoisotopic (exact) mass is 342 g/mol. The van der Waals surface area contributed by atoms with Crippen molar-refractivity contribution in [2.75, 3.05) is 11.9 Å². The molecule has 1 N–H and O–H groups in total. The van der Waals surface area contributed by atoms with Crippen LogP contribution in [0.2, 0.25) is 0 Å². The first-order chi connectivity index (χ1) is 11.8. The van der Waals surface area contributed by atoms with Gasteiger partial charge in [-0.3, -0.25) is 14.9 Å². The van der Waals surface area contributed by atoms with Crippen LogP contribution in [0.5, 0.6) is 0 Å². The van der Waals surface area contributed by atoms with E-state index >= 15 is 0 Å². The lowest BCUT2D eigenvalue weighted by Crippen LogP contribution is -2.21. The van der Waals surface area contributed by atoms with Gasteiger partial charge in [-0.1, -0.05) is 12.1 Å². The van der Waals surface area contributed by atoms with Gasteiger partial charge in [0.05, 0.1) is 16.2 Å². The van der Waals surface area contributed by atoms with Crippen molar-refractivity contribution in [2.24, 2.45) is 0 Å². The van der Waals surface area contributed by atoms with Crippen molar-refractivity contribution in [2.45, 2.75) is 20.8 Å². The Kier molecular flexibility index (Phi) is 5.49. The van der Waals surface area contributed by atoms with E-state index in [0.29, 0.717) is 16.8 Å². The van der Waals surface area contributed by atoms with Crippen molar-refractivity contribution in [3.63, 3.8) is 0 Å². The molecule has 0 atom stereocenters. The smallest absolute Gasteiger partial charge is 0.338 e. The van der Waals surface area contributed by atoms with E-state index in [-0.39, 0.29) is 5.69 Å². The minimum absolute atomic E-state index is 0.131. The van der Waals surface area contributed by atoms with Gasteiger partial charge in [0.25, 0.3) is 11.6 Å². The van der Waals surface area contributed by atoms with E-state index in [1.165, 1.54) is 18.2 Å². The Morgan fingerprint density at radius 3 is 2.36 bits per heavy atom. The number of nitrogens with zero attached hydrogens (tertiary/aromatic N) is 1. The number of esters is 1.